The summed E-state index contributed by atoms with van der Waals surface area (Å²) >= 11 is 0. The molecule has 0 spiro atoms. The second kappa shape index (κ2) is 6.72. The molecule has 0 heterocycles. The number of ether oxygens (including phenoxy) is 1. The molecule has 2 N–H and O–H groups in total. The van der Waals surface area contributed by atoms with Gasteiger partial charge in [-0.3, -0.25) is 4.55 Å². The molecule has 0 amide bonds. The highest BCUT2D eigenvalue weighted by atomic mass is 32.2. The Balaban J connectivity index is 2.38. The summed E-state index contributed by atoms with van der Waals surface area (Å²) in [6.07, 6.45) is 0.388. The van der Waals surface area contributed by atoms with Crippen LogP contribution in [0.2, 0.25) is 0 Å². The Kier molecular flexibility index (Phi) is 5.58. The number of benzene rings is 1. The molecule has 1 atom stereocenters. The molecule has 1 aromatic rings. The lowest BCUT2D eigenvalue weighted by atomic mass is 10.1. The van der Waals surface area contributed by atoms with Gasteiger partial charge >= 0.3 is 0 Å². The minimum Gasteiger partial charge on any atom is -0.497 e. The Morgan fingerprint density at radius 2 is 1.94 bits per heavy atom. The highest BCUT2D eigenvalue weighted by molar-refractivity contribution is 7.85. The third-order valence-corrected chi connectivity index (χ3v) is 3.45. The fourth-order valence-electron chi connectivity index (χ4n) is 1.58. The summed E-state index contributed by atoms with van der Waals surface area (Å²) in [7, 11) is -2.24. The smallest absolute Gasteiger partial charge is 0.264 e. The predicted molar refractivity (Wildman–Crippen MR) is 70.4 cm³/mol. The number of hydrogen-bond acceptors (Lipinski definition) is 4. The summed E-state index contributed by atoms with van der Waals surface area (Å²) in [5.41, 5.74) is 1.10. The van der Waals surface area contributed by atoms with E-state index in [9.17, 15) is 8.42 Å². The predicted octanol–water partition coefficient (Wildman–Crippen LogP) is 1.62. The molecule has 1 unspecified atom stereocenters. The van der Waals surface area contributed by atoms with Gasteiger partial charge in [0.05, 0.1) is 12.9 Å². The highest BCUT2D eigenvalue weighted by Gasteiger charge is 2.07. The van der Waals surface area contributed by atoms with E-state index < -0.39 is 10.1 Å². The van der Waals surface area contributed by atoms with E-state index in [1.165, 1.54) is 0 Å². The third-order valence-electron chi connectivity index (χ3n) is 2.65. The maximum atomic E-state index is 10.5. The Hall–Kier alpha value is -1.11. The lowest BCUT2D eigenvalue weighted by Gasteiger charge is -2.14. The van der Waals surface area contributed by atoms with E-state index in [4.69, 9.17) is 9.29 Å². The van der Waals surface area contributed by atoms with Crippen LogP contribution in [0.25, 0.3) is 0 Å². The zero-order valence-corrected chi connectivity index (χ0v) is 11.4. The zero-order valence-electron chi connectivity index (χ0n) is 10.6. The van der Waals surface area contributed by atoms with Gasteiger partial charge in [0.25, 0.3) is 10.1 Å². The Labute approximate surface area is 108 Å². The zero-order chi connectivity index (χ0) is 13.6. The van der Waals surface area contributed by atoms with Crippen LogP contribution in [0.4, 0.5) is 0 Å². The topological polar surface area (TPSA) is 75.6 Å². The minimum atomic E-state index is -3.85. The first-order valence-corrected chi connectivity index (χ1v) is 7.36. The quantitative estimate of drug-likeness (QED) is 0.583. The lowest BCUT2D eigenvalue weighted by molar-refractivity contribution is 0.414. The molecule has 0 bridgehead atoms. The van der Waals surface area contributed by atoms with Gasteiger partial charge < -0.3 is 10.1 Å². The van der Waals surface area contributed by atoms with Crippen molar-refractivity contribution in [2.45, 2.75) is 19.4 Å². The van der Waals surface area contributed by atoms with E-state index in [2.05, 4.69) is 5.32 Å². The first-order valence-electron chi connectivity index (χ1n) is 5.75. The van der Waals surface area contributed by atoms with Gasteiger partial charge in [-0.1, -0.05) is 12.1 Å². The number of nitrogens with one attached hydrogen (secondary N) is 1. The average Bonchev–Trinajstić information content (AvgIpc) is 2.33. The van der Waals surface area contributed by atoms with Gasteiger partial charge in [-0.15, -0.1) is 0 Å². The molecular formula is C12H19NO4S. The van der Waals surface area contributed by atoms with Gasteiger partial charge in [-0.2, -0.15) is 8.42 Å². The molecule has 6 heteroatoms. The van der Waals surface area contributed by atoms with Crippen LogP contribution >= 0.6 is 0 Å². The van der Waals surface area contributed by atoms with E-state index in [0.29, 0.717) is 13.0 Å². The van der Waals surface area contributed by atoms with Crippen LogP contribution in [0.15, 0.2) is 24.3 Å². The van der Waals surface area contributed by atoms with Gasteiger partial charge in [0.1, 0.15) is 5.75 Å². The molecule has 0 aliphatic carbocycles. The monoisotopic (exact) mass is 273 g/mol. The summed E-state index contributed by atoms with van der Waals surface area (Å²) in [5.74, 6) is 0.590. The lowest BCUT2D eigenvalue weighted by Crippen LogP contribution is -2.21. The van der Waals surface area contributed by atoms with Crippen molar-refractivity contribution in [2.24, 2.45) is 0 Å². The van der Waals surface area contributed by atoms with Crippen molar-refractivity contribution < 1.29 is 17.7 Å². The molecule has 0 saturated carbocycles. The molecule has 0 radical (unpaired) electrons. The maximum Gasteiger partial charge on any atom is 0.264 e. The van der Waals surface area contributed by atoms with Gasteiger partial charge in [0.15, 0.2) is 0 Å². The second-order valence-electron chi connectivity index (χ2n) is 4.09. The van der Waals surface area contributed by atoms with Crippen molar-refractivity contribution in [2.75, 3.05) is 19.4 Å². The van der Waals surface area contributed by atoms with Crippen LogP contribution in [0.3, 0.4) is 0 Å². The van der Waals surface area contributed by atoms with Crippen LogP contribution in [0.1, 0.15) is 24.9 Å². The third kappa shape index (κ3) is 5.48. The number of methoxy groups -OCH3 is 1. The van der Waals surface area contributed by atoms with E-state index in [-0.39, 0.29) is 11.8 Å². The highest BCUT2D eigenvalue weighted by Crippen LogP contribution is 2.16. The molecule has 1 rings (SSSR count). The normalized spacial score (nSPS) is 13.3. The van der Waals surface area contributed by atoms with E-state index in [1.54, 1.807) is 7.11 Å². The molecule has 102 valence electrons. The second-order valence-corrected chi connectivity index (χ2v) is 5.66. The Morgan fingerprint density at radius 1 is 1.33 bits per heavy atom. The summed E-state index contributed by atoms with van der Waals surface area (Å²) < 4.78 is 34.7. The molecule has 0 aliphatic rings. The molecule has 18 heavy (non-hydrogen) atoms. The number of rotatable bonds is 7. The van der Waals surface area contributed by atoms with Gasteiger partial charge in [0, 0.05) is 6.04 Å². The van der Waals surface area contributed by atoms with Crippen LogP contribution in [0.5, 0.6) is 5.75 Å². The molecule has 0 aromatic heterocycles. The van der Waals surface area contributed by atoms with E-state index in [1.807, 2.05) is 31.2 Å². The van der Waals surface area contributed by atoms with Crippen molar-refractivity contribution >= 4 is 10.1 Å². The number of hydrogen-bond donors (Lipinski definition) is 2. The molecular weight excluding hydrogens is 254 g/mol. The van der Waals surface area contributed by atoms with Crippen LogP contribution < -0.4 is 10.1 Å². The SMILES string of the molecule is COc1ccc(C(C)NCCCS(=O)(=O)O)cc1. The largest absolute Gasteiger partial charge is 0.497 e. The maximum absolute atomic E-state index is 10.5. The van der Waals surface area contributed by atoms with Crippen molar-refractivity contribution in [3.8, 4) is 5.75 Å². The summed E-state index contributed by atoms with van der Waals surface area (Å²) in [4.78, 5) is 0. The molecule has 0 saturated heterocycles. The molecule has 0 aliphatic heterocycles. The minimum absolute atomic E-state index is 0.123. The summed E-state index contributed by atoms with van der Waals surface area (Å²) in [5, 5.41) is 3.19. The van der Waals surface area contributed by atoms with E-state index >= 15 is 0 Å². The van der Waals surface area contributed by atoms with Crippen LogP contribution in [-0.2, 0) is 10.1 Å². The van der Waals surface area contributed by atoms with Crippen molar-refractivity contribution in [1.29, 1.82) is 0 Å². The van der Waals surface area contributed by atoms with Crippen LogP contribution in [0, 0.1) is 0 Å². The fraction of sp³-hybridized carbons (Fsp3) is 0.500. The van der Waals surface area contributed by atoms with Crippen molar-refractivity contribution in [1.82, 2.24) is 5.32 Å². The van der Waals surface area contributed by atoms with Gasteiger partial charge in [-0.05, 0) is 37.6 Å². The first-order chi connectivity index (χ1) is 8.42. The first kappa shape index (κ1) is 14.9. The van der Waals surface area contributed by atoms with E-state index in [0.717, 1.165) is 11.3 Å². The summed E-state index contributed by atoms with van der Waals surface area (Å²) in [6, 6.07) is 7.80. The van der Waals surface area contributed by atoms with Crippen molar-refractivity contribution in [3.63, 3.8) is 0 Å². The van der Waals surface area contributed by atoms with Crippen molar-refractivity contribution in [3.05, 3.63) is 29.8 Å². The fourth-order valence-corrected chi connectivity index (χ4v) is 2.09. The summed E-state index contributed by atoms with van der Waals surface area (Å²) in [6.45, 7) is 2.53. The average molecular weight is 273 g/mol. The molecule has 1 aromatic carbocycles. The molecule has 5 nitrogen and oxygen atoms in total. The molecule has 0 fully saturated rings. The Bertz CT molecular complexity index is 455. The van der Waals surface area contributed by atoms with Gasteiger partial charge in [-0.25, -0.2) is 0 Å². The van der Waals surface area contributed by atoms with Gasteiger partial charge in [0.2, 0.25) is 0 Å². The standard InChI is InChI=1S/C12H19NO4S/c1-10(13-8-3-9-18(14,15)16)11-4-6-12(17-2)7-5-11/h4-7,10,13H,3,8-9H2,1-2H3,(H,14,15,16). The Morgan fingerprint density at radius 3 is 2.44 bits per heavy atom. The van der Waals surface area contributed by atoms with Crippen LogP contribution in [-0.4, -0.2) is 32.4 Å².